The molecule has 1 heterocycles. The van der Waals surface area contributed by atoms with E-state index in [9.17, 15) is 8.42 Å². The number of benzene rings is 1. The van der Waals surface area contributed by atoms with Gasteiger partial charge in [0.2, 0.25) is 0 Å². The van der Waals surface area contributed by atoms with Gasteiger partial charge in [0.1, 0.15) is 0 Å². The van der Waals surface area contributed by atoms with Crippen molar-refractivity contribution in [2.75, 3.05) is 6.26 Å². The van der Waals surface area contributed by atoms with E-state index in [1.54, 1.807) is 0 Å². The van der Waals surface area contributed by atoms with Gasteiger partial charge in [-0.05, 0) is 42.9 Å². The Morgan fingerprint density at radius 2 is 1.75 bits per heavy atom. The van der Waals surface area contributed by atoms with Crippen LogP contribution in [0.15, 0.2) is 41.4 Å². The number of nitrogens with zero attached hydrogens (tertiary/aromatic N) is 1. The minimum absolute atomic E-state index is 0.272. The zero-order valence-electron chi connectivity index (χ0n) is 11.5. The van der Waals surface area contributed by atoms with Crippen LogP contribution in [0.4, 0.5) is 0 Å². The van der Waals surface area contributed by atoms with Gasteiger partial charge in [-0.1, -0.05) is 30.3 Å². The summed E-state index contributed by atoms with van der Waals surface area (Å²) in [6.45, 7) is 0. The van der Waals surface area contributed by atoms with Crippen molar-refractivity contribution in [3.8, 4) is 11.3 Å². The van der Waals surface area contributed by atoms with Crippen LogP contribution >= 0.6 is 0 Å². The maximum absolute atomic E-state index is 12.0. The lowest BCUT2D eigenvalue weighted by Crippen LogP contribution is -2.13. The first kappa shape index (κ1) is 13.3. The van der Waals surface area contributed by atoms with Crippen LogP contribution in [-0.2, 0) is 22.7 Å². The van der Waals surface area contributed by atoms with Crippen molar-refractivity contribution in [3.63, 3.8) is 0 Å². The van der Waals surface area contributed by atoms with Crippen molar-refractivity contribution in [1.82, 2.24) is 4.98 Å². The Morgan fingerprint density at radius 1 is 1.05 bits per heavy atom. The number of hydrogen-bond donors (Lipinski definition) is 0. The van der Waals surface area contributed by atoms with Gasteiger partial charge in [-0.2, -0.15) is 0 Å². The van der Waals surface area contributed by atoms with Crippen molar-refractivity contribution in [1.29, 1.82) is 0 Å². The highest BCUT2D eigenvalue weighted by molar-refractivity contribution is 7.90. The molecular formula is C16H17NO2S. The molecule has 104 valence electrons. The van der Waals surface area contributed by atoms with E-state index in [1.807, 2.05) is 30.3 Å². The Balaban J connectivity index is 2.24. The lowest BCUT2D eigenvalue weighted by molar-refractivity contribution is 0.591. The SMILES string of the molecule is CS(=O)(=O)c1nc(-c2ccccc2)cc2c1CCCC2. The summed E-state index contributed by atoms with van der Waals surface area (Å²) in [6.07, 6.45) is 5.18. The van der Waals surface area contributed by atoms with E-state index < -0.39 is 9.84 Å². The minimum atomic E-state index is -3.29. The number of hydrogen-bond acceptors (Lipinski definition) is 3. The number of pyridine rings is 1. The van der Waals surface area contributed by atoms with Crippen LogP contribution in [0.1, 0.15) is 24.0 Å². The molecule has 0 fully saturated rings. The van der Waals surface area contributed by atoms with Crippen LogP contribution in [0.25, 0.3) is 11.3 Å². The zero-order chi connectivity index (χ0) is 14.2. The van der Waals surface area contributed by atoms with E-state index in [1.165, 1.54) is 6.26 Å². The Morgan fingerprint density at radius 3 is 2.45 bits per heavy atom. The van der Waals surface area contributed by atoms with E-state index >= 15 is 0 Å². The summed E-state index contributed by atoms with van der Waals surface area (Å²) in [5.41, 5.74) is 3.79. The summed E-state index contributed by atoms with van der Waals surface area (Å²) in [6, 6.07) is 11.8. The van der Waals surface area contributed by atoms with E-state index in [-0.39, 0.29) is 5.03 Å². The quantitative estimate of drug-likeness (QED) is 0.853. The topological polar surface area (TPSA) is 47.0 Å². The fourth-order valence-electron chi connectivity index (χ4n) is 2.77. The molecule has 3 rings (SSSR count). The molecule has 2 aromatic rings. The number of aryl methyl sites for hydroxylation is 1. The van der Waals surface area contributed by atoms with Gasteiger partial charge < -0.3 is 0 Å². The molecule has 0 atom stereocenters. The normalized spacial score (nSPS) is 14.8. The highest BCUT2D eigenvalue weighted by Crippen LogP contribution is 2.30. The van der Waals surface area contributed by atoms with Gasteiger partial charge in [0.05, 0.1) is 5.69 Å². The molecule has 1 aromatic carbocycles. The molecule has 0 aliphatic heterocycles. The summed E-state index contributed by atoms with van der Waals surface area (Å²) >= 11 is 0. The van der Waals surface area contributed by atoms with Gasteiger partial charge in [0.15, 0.2) is 14.9 Å². The third kappa shape index (κ3) is 2.48. The lowest BCUT2D eigenvalue weighted by atomic mass is 9.92. The predicted octanol–water partition coefficient (Wildman–Crippen LogP) is 3.03. The molecule has 0 N–H and O–H groups in total. The summed E-state index contributed by atoms with van der Waals surface area (Å²) in [4.78, 5) is 4.44. The summed E-state index contributed by atoms with van der Waals surface area (Å²) in [5.74, 6) is 0. The average Bonchev–Trinajstić information content (AvgIpc) is 2.46. The van der Waals surface area contributed by atoms with Crippen LogP contribution in [-0.4, -0.2) is 19.7 Å². The summed E-state index contributed by atoms with van der Waals surface area (Å²) in [5, 5.41) is 0.272. The van der Waals surface area contributed by atoms with Gasteiger partial charge in [-0.3, -0.25) is 0 Å². The van der Waals surface area contributed by atoms with Crippen molar-refractivity contribution in [3.05, 3.63) is 47.5 Å². The third-order valence-electron chi connectivity index (χ3n) is 3.72. The molecule has 1 aliphatic carbocycles. The standard InChI is InChI=1S/C16H17NO2S/c1-20(18,19)16-14-10-6-5-9-13(14)11-15(17-16)12-7-3-2-4-8-12/h2-4,7-8,11H,5-6,9-10H2,1H3. The van der Waals surface area contributed by atoms with Crippen LogP contribution in [0.3, 0.4) is 0 Å². The third-order valence-corrected chi connectivity index (χ3v) is 4.76. The molecule has 3 nitrogen and oxygen atoms in total. The maximum atomic E-state index is 12.0. The van der Waals surface area contributed by atoms with E-state index in [0.717, 1.165) is 48.1 Å². The van der Waals surface area contributed by atoms with Crippen molar-refractivity contribution >= 4 is 9.84 Å². The van der Waals surface area contributed by atoms with Crippen molar-refractivity contribution in [2.45, 2.75) is 30.7 Å². The molecular weight excluding hydrogens is 270 g/mol. The molecule has 0 radical (unpaired) electrons. The van der Waals surface area contributed by atoms with E-state index in [4.69, 9.17) is 0 Å². The minimum Gasteiger partial charge on any atom is -0.236 e. The first-order valence-electron chi connectivity index (χ1n) is 6.84. The molecule has 0 spiro atoms. The molecule has 0 unspecified atom stereocenters. The molecule has 4 heteroatoms. The van der Waals surface area contributed by atoms with Gasteiger partial charge in [-0.15, -0.1) is 0 Å². The van der Waals surface area contributed by atoms with Crippen LogP contribution in [0, 0.1) is 0 Å². The second-order valence-electron chi connectivity index (χ2n) is 5.30. The molecule has 20 heavy (non-hydrogen) atoms. The number of sulfone groups is 1. The lowest BCUT2D eigenvalue weighted by Gasteiger charge is -2.19. The molecule has 0 saturated carbocycles. The van der Waals surface area contributed by atoms with Gasteiger partial charge >= 0.3 is 0 Å². The zero-order valence-corrected chi connectivity index (χ0v) is 12.3. The summed E-state index contributed by atoms with van der Waals surface area (Å²) in [7, 11) is -3.29. The largest absolute Gasteiger partial charge is 0.236 e. The Bertz CT molecular complexity index is 737. The molecule has 0 amide bonds. The van der Waals surface area contributed by atoms with Crippen LogP contribution in [0.2, 0.25) is 0 Å². The molecule has 1 aliphatic rings. The Labute approximate surface area is 119 Å². The first-order valence-corrected chi connectivity index (χ1v) is 8.73. The monoisotopic (exact) mass is 287 g/mol. The van der Waals surface area contributed by atoms with Gasteiger partial charge in [-0.25, -0.2) is 13.4 Å². The van der Waals surface area contributed by atoms with Gasteiger partial charge in [0, 0.05) is 11.8 Å². The average molecular weight is 287 g/mol. The number of rotatable bonds is 2. The van der Waals surface area contributed by atoms with Gasteiger partial charge in [0.25, 0.3) is 0 Å². The van der Waals surface area contributed by atoms with E-state index in [0.29, 0.717) is 0 Å². The maximum Gasteiger partial charge on any atom is 0.193 e. The highest BCUT2D eigenvalue weighted by Gasteiger charge is 2.22. The fraction of sp³-hybridized carbons (Fsp3) is 0.312. The Kier molecular flexibility index (Phi) is 3.34. The predicted molar refractivity (Wildman–Crippen MR) is 79.4 cm³/mol. The first-order chi connectivity index (χ1) is 9.55. The molecule has 1 aromatic heterocycles. The number of fused-ring (bicyclic) bond motifs is 1. The number of aromatic nitrogens is 1. The van der Waals surface area contributed by atoms with Crippen LogP contribution in [0.5, 0.6) is 0 Å². The smallest absolute Gasteiger partial charge is 0.193 e. The van der Waals surface area contributed by atoms with E-state index in [2.05, 4.69) is 11.1 Å². The molecule has 0 saturated heterocycles. The second-order valence-corrected chi connectivity index (χ2v) is 7.23. The van der Waals surface area contributed by atoms with Crippen molar-refractivity contribution in [2.24, 2.45) is 0 Å². The fourth-order valence-corrected chi connectivity index (χ4v) is 3.71. The van der Waals surface area contributed by atoms with Crippen LogP contribution < -0.4 is 0 Å². The molecule has 0 bridgehead atoms. The second kappa shape index (κ2) is 5.02. The highest BCUT2D eigenvalue weighted by atomic mass is 32.2. The summed E-state index contributed by atoms with van der Waals surface area (Å²) < 4.78 is 24.1. The van der Waals surface area contributed by atoms with Crippen molar-refractivity contribution < 1.29 is 8.42 Å². The Hall–Kier alpha value is -1.68.